The summed E-state index contributed by atoms with van der Waals surface area (Å²) in [6, 6.07) is 6.15. The van der Waals surface area contributed by atoms with Crippen molar-refractivity contribution in [2.75, 3.05) is 19.7 Å². The van der Waals surface area contributed by atoms with Crippen LogP contribution in [0.2, 0.25) is 0 Å². The van der Waals surface area contributed by atoms with Crippen molar-refractivity contribution < 1.29 is 28.7 Å². The SMILES string of the molecule is C[C@H]1CCCC[C@]12NC(=O)N(CC(=O)OCCCCN1C(=O)c3ccccc3C1=O)C2=O. The van der Waals surface area contributed by atoms with Gasteiger partial charge in [-0.3, -0.25) is 29.0 Å². The zero-order valence-corrected chi connectivity index (χ0v) is 18.1. The topological polar surface area (TPSA) is 113 Å². The van der Waals surface area contributed by atoms with E-state index in [0.29, 0.717) is 30.4 Å². The van der Waals surface area contributed by atoms with Crippen LogP contribution in [0.3, 0.4) is 0 Å². The van der Waals surface area contributed by atoms with E-state index in [0.717, 1.165) is 24.2 Å². The summed E-state index contributed by atoms with van der Waals surface area (Å²) < 4.78 is 5.18. The third kappa shape index (κ3) is 3.76. The number of esters is 1. The average Bonchev–Trinajstić information content (AvgIpc) is 3.16. The van der Waals surface area contributed by atoms with Gasteiger partial charge in [0.25, 0.3) is 17.7 Å². The summed E-state index contributed by atoms with van der Waals surface area (Å²) in [5.74, 6) is -1.61. The molecule has 170 valence electrons. The number of carbonyl (C=O) groups is 5. The second-order valence-corrected chi connectivity index (χ2v) is 8.67. The van der Waals surface area contributed by atoms with Crippen LogP contribution in [0.15, 0.2) is 24.3 Å². The lowest BCUT2D eigenvalue weighted by Gasteiger charge is -2.36. The van der Waals surface area contributed by atoms with Crippen LogP contribution in [0.1, 0.15) is 66.2 Å². The Balaban J connectivity index is 1.21. The Morgan fingerprint density at radius 2 is 1.75 bits per heavy atom. The van der Waals surface area contributed by atoms with Gasteiger partial charge in [-0.15, -0.1) is 0 Å². The average molecular weight is 441 g/mol. The van der Waals surface area contributed by atoms with Gasteiger partial charge in [0, 0.05) is 6.54 Å². The molecule has 2 atom stereocenters. The van der Waals surface area contributed by atoms with Gasteiger partial charge in [0.15, 0.2) is 0 Å². The van der Waals surface area contributed by atoms with Crippen LogP contribution >= 0.6 is 0 Å². The van der Waals surface area contributed by atoms with Gasteiger partial charge in [-0.25, -0.2) is 4.79 Å². The highest BCUT2D eigenvalue weighted by Crippen LogP contribution is 2.38. The van der Waals surface area contributed by atoms with Crippen molar-refractivity contribution in [3.8, 4) is 0 Å². The largest absolute Gasteiger partial charge is 0.464 e. The summed E-state index contributed by atoms with van der Waals surface area (Å²) >= 11 is 0. The van der Waals surface area contributed by atoms with Crippen LogP contribution in [0.5, 0.6) is 0 Å². The number of nitrogens with one attached hydrogen (secondary N) is 1. The van der Waals surface area contributed by atoms with Gasteiger partial charge in [-0.1, -0.05) is 31.9 Å². The molecule has 1 aromatic carbocycles. The number of urea groups is 1. The number of amides is 5. The van der Waals surface area contributed by atoms with Gasteiger partial charge in [0.05, 0.1) is 17.7 Å². The number of fused-ring (bicyclic) bond motifs is 1. The van der Waals surface area contributed by atoms with Gasteiger partial charge in [0.1, 0.15) is 12.1 Å². The highest BCUT2D eigenvalue weighted by atomic mass is 16.5. The Labute approximate surface area is 186 Å². The first-order chi connectivity index (χ1) is 15.3. The molecule has 2 heterocycles. The highest BCUT2D eigenvalue weighted by molar-refractivity contribution is 6.21. The second kappa shape index (κ2) is 8.72. The Kier molecular flexibility index (Phi) is 5.99. The van der Waals surface area contributed by atoms with E-state index in [2.05, 4.69) is 5.32 Å². The first-order valence-electron chi connectivity index (χ1n) is 11.1. The lowest BCUT2D eigenvalue weighted by molar-refractivity contribution is -0.148. The third-order valence-corrected chi connectivity index (χ3v) is 6.71. The first kappa shape index (κ1) is 22.0. The molecule has 9 nitrogen and oxygen atoms in total. The van der Waals surface area contributed by atoms with Crippen molar-refractivity contribution in [2.45, 2.75) is 51.0 Å². The molecule has 5 amide bonds. The van der Waals surface area contributed by atoms with Crippen LogP contribution in [0.4, 0.5) is 4.79 Å². The number of benzene rings is 1. The first-order valence-corrected chi connectivity index (χ1v) is 11.1. The molecule has 0 bridgehead atoms. The molecule has 9 heteroatoms. The van der Waals surface area contributed by atoms with Crippen LogP contribution in [-0.4, -0.2) is 64.8 Å². The number of nitrogens with zero attached hydrogens (tertiary/aromatic N) is 2. The van der Waals surface area contributed by atoms with E-state index in [1.165, 1.54) is 4.90 Å². The van der Waals surface area contributed by atoms with Crippen LogP contribution in [0.25, 0.3) is 0 Å². The summed E-state index contributed by atoms with van der Waals surface area (Å²) in [6.07, 6.45) is 4.25. The normalized spacial score (nSPS) is 24.8. The molecule has 1 aromatic rings. The summed E-state index contributed by atoms with van der Waals surface area (Å²) in [7, 11) is 0. The maximum absolute atomic E-state index is 12.9. The molecule has 2 fully saturated rings. The van der Waals surface area contributed by atoms with Gasteiger partial charge in [-0.2, -0.15) is 0 Å². The lowest BCUT2D eigenvalue weighted by atomic mass is 9.73. The fraction of sp³-hybridized carbons (Fsp3) is 0.522. The zero-order chi connectivity index (χ0) is 22.9. The fourth-order valence-corrected chi connectivity index (χ4v) is 4.81. The standard InChI is InChI=1S/C23H27N3O6/c1-15-8-4-5-11-23(15)21(30)26(22(31)24-23)14-18(27)32-13-7-6-12-25-19(28)16-9-2-3-10-17(16)20(25)29/h2-3,9-10,15H,4-8,11-14H2,1H3,(H,24,31)/t15-,23-/m0/s1. The van der Waals surface area contributed by atoms with Gasteiger partial charge in [0.2, 0.25) is 0 Å². The number of rotatable bonds is 7. The molecule has 0 unspecified atom stereocenters. The second-order valence-electron chi connectivity index (χ2n) is 8.67. The van der Waals surface area contributed by atoms with E-state index >= 15 is 0 Å². The van der Waals surface area contributed by atoms with E-state index in [9.17, 15) is 24.0 Å². The summed E-state index contributed by atoms with van der Waals surface area (Å²) in [6.45, 7) is 1.84. The maximum Gasteiger partial charge on any atom is 0.326 e. The van der Waals surface area contributed by atoms with E-state index in [1.807, 2.05) is 6.92 Å². The van der Waals surface area contributed by atoms with Crippen molar-refractivity contribution in [3.63, 3.8) is 0 Å². The molecule has 1 aliphatic carbocycles. The van der Waals surface area contributed by atoms with Crippen molar-refractivity contribution >= 4 is 29.7 Å². The minimum Gasteiger partial charge on any atom is -0.464 e. The number of unbranched alkanes of at least 4 members (excludes halogenated alkanes) is 1. The molecule has 1 N–H and O–H groups in total. The Hall–Kier alpha value is -3.23. The molecular weight excluding hydrogens is 414 g/mol. The zero-order valence-electron chi connectivity index (χ0n) is 18.1. The van der Waals surface area contributed by atoms with Crippen LogP contribution < -0.4 is 5.32 Å². The van der Waals surface area contributed by atoms with Crippen molar-refractivity contribution in [1.29, 1.82) is 0 Å². The van der Waals surface area contributed by atoms with Crippen LogP contribution in [-0.2, 0) is 14.3 Å². The summed E-state index contributed by atoms with van der Waals surface area (Å²) in [4.78, 5) is 64.2. The molecule has 1 saturated carbocycles. The van der Waals surface area contributed by atoms with E-state index in [1.54, 1.807) is 24.3 Å². The van der Waals surface area contributed by atoms with Crippen molar-refractivity contribution in [1.82, 2.24) is 15.1 Å². The monoisotopic (exact) mass is 441 g/mol. The van der Waals surface area contributed by atoms with E-state index in [4.69, 9.17) is 4.74 Å². The predicted molar refractivity (Wildman–Crippen MR) is 113 cm³/mol. The molecule has 1 saturated heterocycles. The minimum absolute atomic E-state index is 0.0240. The third-order valence-electron chi connectivity index (χ3n) is 6.71. The predicted octanol–water partition coefficient (Wildman–Crippen LogP) is 2.11. The number of hydrogen-bond donors (Lipinski definition) is 1. The molecule has 0 radical (unpaired) electrons. The lowest BCUT2D eigenvalue weighted by Crippen LogP contribution is -2.54. The summed E-state index contributed by atoms with van der Waals surface area (Å²) in [5, 5.41) is 2.81. The molecular formula is C23H27N3O6. The number of imide groups is 2. The van der Waals surface area contributed by atoms with Gasteiger partial charge >= 0.3 is 12.0 Å². The Bertz CT molecular complexity index is 941. The van der Waals surface area contributed by atoms with Crippen molar-refractivity contribution in [3.05, 3.63) is 35.4 Å². The molecule has 4 rings (SSSR count). The van der Waals surface area contributed by atoms with Gasteiger partial charge < -0.3 is 10.1 Å². The number of carbonyl (C=O) groups excluding carboxylic acids is 5. The highest BCUT2D eigenvalue weighted by Gasteiger charge is 2.55. The molecule has 1 spiro atoms. The maximum atomic E-state index is 12.9. The van der Waals surface area contributed by atoms with E-state index < -0.39 is 24.1 Å². The minimum atomic E-state index is -0.901. The quantitative estimate of drug-likeness (QED) is 0.300. The molecule has 2 aliphatic heterocycles. The molecule has 3 aliphatic rings. The Morgan fingerprint density at radius 1 is 1.06 bits per heavy atom. The van der Waals surface area contributed by atoms with Crippen LogP contribution in [0, 0.1) is 5.92 Å². The molecule has 32 heavy (non-hydrogen) atoms. The number of ether oxygens (including phenoxy) is 1. The Morgan fingerprint density at radius 3 is 2.41 bits per heavy atom. The fourth-order valence-electron chi connectivity index (χ4n) is 4.81. The summed E-state index contributed by atoms with van der Waals surface area (Å²) in [5.41, 5.74) is -0.0905. The van der Waals surface area contributed by atoms with Gasteiger partial charge in [-0.05, 0) is 43.7 Å². The van der Waals surface area contributed by atoms with Crippen molar-refractivity contribution in [2.24, 2.45) is 5.92 Å². The smallest absolute Gasteiger partial charge is 0.326 e. The molecule has 0 aromatic heterocycles. The number of hydrogen-bond acceptors (Lipinski definition) is 6. The van der Waals surface area contributed by atoms with E-state index in [-0.39, 0.29) is 36.8 Å².